The summed E-state index contributed by atoms with van der Waals surface area (Å²) in [5, 5.41) is 3.03. The van der Waals surface area contributed by atoms with Crippen molar-refractivity contribution in [2.45, 2.75) is 25.8 Å². The molecule has 1 amide bonds. The van der Waals surface area contributed by atoms with Crippen molar-refractivity contribution in [1.82, 2.24) is 14.9 Å². The van der Waals surface area contributed by atoms with Crippen LogP contribution in [-0.4, -0.2) is 29.2 Å². The van der Waals surface area contributed by atoms with E-state index in [2.05, 4.69) is 24.1 Å². The molecule has 0 aliphatic heterocycles. The van der Waals surface area contributed by atoms with E-state index in [9.17, 15) is 4.79 Å². The van der Waals surface area contributed by atoms with Gasteiger partial charge in [-0.2, -0.15) is 0 Å². The van der Waals surface area contributed by atoms with Gasteiger partial charge in [-0.05, 0) is 41.3 Å². The Bertz CT molecular complexity index is 931. The molecule has 3 rings (SSSR count). The van der Waals surface area contributed by atoms with Gasteiger partial charge in [-0.25, -0.2) is 4.98 Å². The minimum absolute atomic E-state index is 0.0713. The first-order chi connectivity index (χ1) is 14.0. The molecule has 0 saturated heterocycles. The van der Waals surface area contributed by atoms with E-state index in [0.717, 1.165) is 17.1 Å². The summed E-state index contributed by atoms with van der Waals surface area (Å²) in [7, 11) is 3.52. The summed E-state index contributed by atoms with van der Waals surface area (Å²) in [4.78, 5) is 17.0. The molecule has 152 valence electrons. The first-order valence-electron chi connectivity index (χ1n) is 9.61. The van der Waals surface area contributed by atoms with Gasteiger partial charge < -0.3 is 19.4 Å². The first-order valence-corrected chi connectivity index (χ1v) is 9.61. The maximum absolute atomic E-state index is 12.6. The molecular weight excluding hydrogens is 366 g/mol. The van der Waals surface area contributed by atoms with Gasteiger partial charge in [-0.15, -0.1) is 0 Å². The number of aryl methyl sites for hydroxylation is 1. The van der Waals surface area contributed by atoms with Gasteiger partial charge in [0, 0.05) is 19.4 Å². The van der Waals surface area contributed by atoms with E-state index >= 15 is 0 Å². The standard InChI is InChI=1S/C23H27N3O3/c1-16(2)17-5-11-20(12-6-17)29-15-21(27)25-22(23-24-13-14-26(23)3)18-7-9-19(28-4)10-8-18/h5-14,16,22H,15H2,1-4H3,(H,25,27). The maximum Gasteiger partial charge on any atom is 0.258 e. The van der Waals surface area contributed by atoms with E-state index in [1.165, 1.54) is 5.56 Å². The lowest BCUT2D eigenvalue weighted by atomic mass is 10.0. The molecule has 1 heterocycles. The molecule has 1 aromatic heterocycles. The van der Waals surface area contributed by atoms with E-state index in [-0.39, 0.29) is 18.6 Å². The quantitative estimate of drug-likeness (QED) is 0.632. The highest BCUT2D eigenvalue weighted by Crippen LogP contribution is 2.23. The highest BCUT2D eigenvalue weighted by Gasteiger charge is 2.21. The third-order valence-electron chi connectivity index (χ3n) is 4.79. The molecule has 1 unspecified atom stereocenters. The molecule has 1 N–H and O–H groups in total. The zero-order valence-electron chi connectivity index (χ0n) is 17.3. The molecule has 29 heavy (non-hydrogen) atoms. The Labute approximate surface area is 171 Å². The van der Waals surface area contributed by atoms with Crippen LogP contribution in [0.25, 0.3) is 0 Å². The van der Waals surface area contributed by atoms with Crippen molar-refractivity contribution in [1.29, 1.82) is 0 Å². The second-order valence-corrected chi connectivity index (χ2v) is 7.18. The smallest absolute Gasteiger partial charge is 0.258 e. The highest BCUT2D eigenvalue weighted by molar-refractivity contribution is 5.78. The fourth-order valence-electron chi connectivity index (χ4n) is 3.05. The number of ether oxygens (including phenoxy) is 2. The summed E-state index contributed by atoms with van der Waals surface area (Å²) in [6, 6.07) is 15.0. The van der Waals surface area contributed by atoms with Crippen LogP contribution in [-0.2, 0) is 11.8 Å². The van der Waals surface area contributed by atoms with E-state index in [0.29, 0.717) is 11.7 Å². The van der Waals surface area contributed by atoms with Crippen molar-refractivity contribution in [3.05, 3.63) is 77.9 Å². The van der Waals surface area contributed by atoms with Crippen molar-refractivity contribution in [2.75, 3.05) is 13.7 Å². The van der Waals surface area contributed by atoms with Crippen LogP contribution in [0.2, 0.25) is 0 Å². The molecule has 0 bridgehead atoms. The Hall–Kier alpha value is -3.28. The summed E-state index contributed by atoms with van der Waals surface area (Å²) in [5.74, 6) is 2.40. The second-order valence-electron chi connectivity index (χ2n) is 7.18. The number of amides is 1. The van der Waals surface area contributed by atoms with Gasteiger partial charge in [-0.1, -0.05) is 38.1 Å². The molecule has 1 atom stereocenters. The Morgan fingerprint density at radius 2 is 1.66 bits per heavy atom. The lowest BCUT2D eigenvalue weighted by Gasteiger charge is -2.19. The number of carbonyl (C=O) groups excluding carboxylic acids is 1. The van der Waals surface area contributed by atoms with E-state index in [4.69, 9.17) is 9.47 Å². The predicted octanol–water partition coefficient (Wildman–Crippen LogP) is 3.84. The number of hydrogen-bond donors (Lipinski definition) is 1. The zero-order chi connectivity index (χ0) is 20.8. The number of rotatable bonds is 8. The summed E-state index contributed by atoms with van der Waals surface area (Å²) in [6.07, 6.45) is 3.57. The Balaban J connectivity index is 1.70. The van der Waals surface area contributed by atoms with Crippen LogP contribution in [0.3, 0.4) is 0 Å². The number of imidazole rings is 1. The number of nitrogens with zero attached hydrogens (tertiary/aromatic N) is 2. The first kappa shape index (κ1) is 20.5. The van der Waals surface area contributed by atoms with Crippen LogP contribution in [0.4, 0.5) is 0 Å². The third-order valence-corrected chi connectivity index (χ3v) is 4.79. The largest absolute Gasteiger partial charge is 0.497 e. The monoisotopic (exact) mass is 393 g/mol. The van der Waals surface area contributed by atoms with Gasteiger partial charge in [-0.3, -0.25) is 4.79 Å². The van der Waals surface area contributed by atoms with Gasteiger partial charge in [0.05, 0.1) is 7.11 Å². The Morgan fingerprint density at radius 3 is 2.21 bits per heavy atom. The van der Waals surface area contributed by atoms with Gasteiger partial charge >= 0.3 is 0 Å². The average Bonchev–Trinajstić information content (AvgIpc) is 3.16. The Kier molecular flexibility index (Phi) is 6.54. The molecule has 0 saturated carbocycles. The molecule has 3 aromatic rings. The molecule has 2 aromatic carbocycles. The summed E-state index contributed by atoms with van der Waals surface area (Å²) in [5.41, 5.74) is 2.14. The molecule has 0 aliphatic rings. The second kappa shape index (κ2) is 9.28. The number of aromatic nitrogens is 2. The lowest BCUT2D eigenvalue weighted by molar-refractivity contribution is -0.123. The van der Waals surface area contributed by atoms with Gasteiger partial charge in [0.15, 0.2) is 6.61 Å². The maximum atomic E-state index is 12.6. The zero-order valence-corrected chi connectivity index (χ0v) is 17.3. The predicted molar refractivity (Wildman–Crippen MR) is 112 cm³/mol. The van der Waals surface area contributed by atoms with E-state index in [1.54, 1.807) is 13.3 Å². The van der Waals surface area contributed by atoms with Crippen molar-refractivity contribution in [2.24, 2.45) is 7.05 Å². The average molecular weight is 393 g/mol. The minimum Gasteiger partial charge on any atom is -0.497 e. The normalized spacial score (nSPS) is 11.9. The van der Waals surface area contributed by atoms with Crippen LogP contribution >= 0.6 is 0 Å². The molecule has 0 fully saturated rings. The number of carbonyl (C=O) groups is 1. The minimum atomic E-state index is -0.389. The summed E-state index contributed by atoms with van der Waals surface area (Å²) < 4.78 is 12.8. The SMILES string of the molecule is COc1ccc(C(NC(=O)COc2ccc(C(C)C)cc2)c2nccn2C)cc1. The van der Waals surface area contributed by atoms with Crippen LogP contribution < -0.4 is 14.8 Å². The third kappa shape index (κ3) is 5.16. The molecule has 6 nitrogen and oxygen atoms in total. The Morgan fingerprint density at radius 1 is 1.03 bits per heavy atom. The molecule has 0 aliphatic carbocycles. The van der Waals surface area contributed by atoms with E-state index < -0.39 is 0 Å². The van der Waals surface area contributed by atoms with Crippen LogP contribution in [0.15, 0.2) is 60.9 Å². The van der Waals surface area contributed by atoms with Crippen molar-refractivity contribution in [3.8, 4) is 11.5 Å². The number of hydrogen-bond acceptors (Lipinski definition) is 4. The fraction of sp³-hybridized carbons (Fsp3) is 0.304. The molecule has 6 heteroatoms. The number of methoxy groups -OCH3 is 1. The van der Waals surface area contributed by atoms with Crippen LogP contribution in [0, 0.1) is 0 Å². The van der Waals surface area contributed by atoms with Crippen molar-refractivity contribution in [3.63, 3.8) is 0 Å². The van der Waals surface area contributed by atoms with Gasteiger partial charge in [0.25, 0.3) is 5.91 Å². The molecular formula is C23H27N3O3. The number of nitrogens with one attached hydrogen (secondary N) is 1. The van der Waals surface area contributed by atoms with Crippen LogP contribution in [0.1, 0.15) is 42.8 Å². The molecule has 0 spiro atoms. The number of benzene rings is 2. The van der Waals surface area contributed by atoms with E-state index in [1.807, 2.05) is 66.3 Å². The van der Waals surface area contributed by atoms with Gasteiger partial charge in [0.1, 0.15) is 23.4 Å². The van der Waals surface area contributed by atoms with Crippen LogP contribution in [0.5, 0.6) is 11.5 Å². The topological polar surface area (TPSA) is 65.4 Å². The molecule has 0 radical (unpaired) electrons. The lowest BCUT2D eigenvalue weighted by Crippen LogP contribution is -2.34. The summed E-state index contributed by atoms with van der Waals surface area (Å²) >= 11 is 0. The van der Waals surface area contributed by atoms with Crippen molar-refractivity contribution >= 4 is 5.91 Å². The van der Waals surface area contributed by atoms with Gasteiger partial charge in [0.2, 0.25) is 0 Å². The fourth-order valence-corrected chi connectivity index (χ4v) is 3.05. The summed E-state index contributed by atoms with van der Waals surface area (Å²) in [6.45, 7) is 4.21. The highest BCUT2D eigenvalue weighted by atomic mass is 16.5. The van der Waals surface area contributed by atoms with Crippen molar-refractivity contribution < 1.29 is 14.3 Å².